The first-order valence-corrected chi connectivity index (χ1v) is 3.62. The summed E-state index contributed by atoms with van der Waals surface area (Å²) in [4.78, 5) is 11.8. The molecule has 0 aliphatic heterocycles. The zero-order valence-corrected chi connectivity index (χ0v) is 7.91. The standard InChI is InChI=1S/C9H14N2O2/c1-7(10)5-9(11(3)4)8(2)13-6-12/h5-6H,1-2,10H2,3-4H3/b9-5+. The molecule has 2 N–H and O–H groups in total. The molecule has 0 amide bonds. The first-order valence-electron chi connectivity index (χ1n) is 3.62. The molecule has 0 fully saturated rings. The highest BCUT2D eigenvalue weighted by atomic mass is 16.5. The van der Waals surface area contributed by atoms with Crippen molar-refractivity contribution in [2.24, 2.45) is 5.73 Å². The van der Waals surface area contributed by atoms with Gasteiger partial charge in [-0.2, -0.15) is 0 Å². The van der Waals surface area contributed by atoms with Gasteiger partial charge in [-0.25, -0.2) is 0 Å². The van der Waals surface area contributed by atoms with E-state index >= 15 is 0 Å². The van der Waals surface area contributed by atoms with Gasteiger partial charge in [-0.3, -0.25) is 4.79 Å². The Bertz CT molecular complexity index is 254. The molecule has 0 aromatic carbocycles. The molecule has 0 spiro atoms. The molecule has 4 nitrogen and oxygen atoms in total. The van der Waals surface area contributed by atoms with E-state index < -0.39 is 0 Å². The van der Waals surface area contributed by atoms with E-state index in [0.717, 1.165) is 0 Å². The maximum absolute atomic E-state index is 10.0. The van der Waals surface area contributed by atoms with Crippen LogP contribution >= 0.6 is 0 Å². The summed E-state index contributed by atoms with van der Waals surface area (Å²) < 4.78 is 4.58. The summed E-state index contributed by atoms with van der Waals surface area (Å²) in [5.41, 5.74) is 6.37. The van der Waals surface area contributed by atoms with Crippen molar-refractivity contribution >= 4 is 6.47 Å². The lowest BCUT2D eigenvalue weighted by atomic mass is 10.3. The van der Waals surface area contributed by atoms with Crippen LogP contribution in [0.15, 0.2) is 36.4 Å². The molecule has 0 atom stereocenters. The van der Waals surface area contributed by atoms with Crippen LogP contribution in [0, 0.1) is 0 Å². The van der Waals surface area contributed by atoms with Crippen LogP contribution in [0.4, 0.5) is 0 Å². The average Bonchev–Trinajstić information content (AvgIpc) is 1.99. The molecule has 72 valence electrons. The van der Waals surface area contributed by atoms with Gasteiger partial charge in [0, 0.05) is 19.8 Å². The second-order valence-electron chi connectivity index (χ2n) is 2.64. The van der Waals surface area contributed by atoms with Crippen LogP contribution in [0.25, 0.3) is 0 Å². The Morgan fingerprint density at radius 3 is 2.31 bits per heavy atom. The van der Waals surface area contributed by atoms with Crippen molar-refractivity contribution in [3.8, 4) is 0 Å². The average molecular weight is 182 g/mol. The van der Waals surface area contributed by atoms with Crippen LogP contribution in [0.3, 0.4) is 0 Å². The summed E-state index contributed by atoms with van der Waals surface area (Å²) in [5, 5.41) is 0. The van der Waals surface area contributed by atoms with Crippen LogP contribution in [0.1, 0.15) is 0 Å². The van der Waals surface area contributed by atoms with Crippen LogP contribution in [-0.2, 0) is 9.53 Å². The van der Waals surface area contributed by atoms with Crippen molar-refractivity contribution in [3.63, 3.8) is 0 Å². The molecule has 0 saturated carbocycles. The molecule has 0 aliphatic carbocycles. The third-order valence-electron chi connectivity index (χ3n) is 1.28. The van der Waals surface area contributed by atoms with Crippen molar-refractivity contribution in [2.45, 2.75) is 0 Å². The molecule has 4 heteroatoms. The fourth-order valence-corrected chi connectivity index (χ4v) is 0.753. The highest BCUT2D eigenvalue weighted by Gasteiger charge is 2.05. The van der Waals surface area contributed by atoms with Gasteiger partial charge in [-0.05, 0) is 6.08 Å². The lowest BCUT2D eigenvalue weighted by Crippen LogP contribution is -2.15. The van der Waals surface area contributed by atoms with E-state index in [1.54, 1.807) is 25.1 Å². The van der Waals surface area contributed by atoms with Crippen molar-refractivity contribution in [1.82, 2.24) is 4.90 Å². The molecule has 0 heterocycles. The summed E-state index contributed by atoms with van der Waals surface area (Å²) >= 11 is 0. The number of hydrogen-bond acceptors (Lipinski definition) is 4. The third kappa shape index (κ3) is 4.00. The Morgan fingerprint density at radius 1 is 1.46 bits per heavy atom. The normalized spacial score (nSPS) is 10.5. The first kappa shape index (κ1) is 11.3. The second kappa shape index (κ2) is 5.03. The molecule has 0 radical (unpaired) electrons. The zero-order chi connectivity index (χ0) is 10.4. The van der Waals surface area contributed by atoms with Gasteiger partial charge in [0.25, 0.3) is 6.47 Å². The van der Waals surface area contributed by atoms with E-state index in [2.05, 4.69) is 17.9 Å². The van der Waals surface area contributed by atoms with Gasteiger partial charge in [-0.1, -0.05) is 13.2 Å². The number of rotatable bonds is 5. The number of allylic oxidation sites excluding steroid dienone is 1. The summed E-state index contributed by atoms with van der Waals surface area (Å²) in [6.07, 6.45) is 1.58. The molecule has 0 bridgehead atoms. The van der Waals surface area contributed by atoms with Crippen molar-refractivity contribution < 1.29 is 9.53 Å². The fraction of sp³-hybridized carbons (Fsp3) is 0.222. The van der Waals surface area contributed by atoms with E-state index in [4.69, 9.17) is 5.73 Å². The van der Waals surface area contributed by atoms with Gasteiger partial charge in [0.15, 0.2) is 0 Å². The quantitative estimate of drug-likeness (QED) is 0.384. The molecular weight excluding hydrogens is 168 g/mol. The Balaban J connectivity index is 4.70. The number of hydrogen-bond donors (Lipinski definition) is 1. The summed E-state index contributed by atoms with van der Waals surface area (Å²) in [7, 11) is 3.57. The maximum atomic E-state index is 10.0. The molecular formula is C9H14N2O2. The number of ether oxygens (including phenoxy) is 1. The van der Waals surface area contributed by atoms with E-state index in [9.17, 15) is 4.79 Å². The van der Waals surface area contributed by atoms with Gasteiger partial charge in [0.1, 0.15) is 5.76 Å². The molecule has 0 rings (SSSR count). The summed E-state index contributed by atoms with van der Waals surface area (Å²) in [6.45, 7) is 7.39. The van der Waals surface area contributed by atoms with Gasteiger partial charge < -0.3 is 15.4 Å². The van der Waals surface area contributed by atoms with Crippen LogP contribution in [-0.4, -0.2) is 25.5 Å². The highest BCUT2D eigenvalue weighted by molar-refractivity contribution is 5.43. The van der Waals surface area contributed by atoms with E-state index in [1.807, 2.05) is 0 Å². The van der Waals surface area contributed by atoms with E-state index in [0.29, 0.717) is 17.9 Å². The number of likely N-dealkylation sites (N-methyl/N-ethyl adjacent to an activating group) is 1. The van der Waals surface area contributed by atoms with Gasteiger partial charge >= 0.3 is 0 Å². The van der Waals surface area contributed by atoms with Crippen LogP contribution in [0.2, 0.25) is 0 Å². The van der Waals surface area contributed by atoms with E-state index in [-0.39, 0.29) is 5.76 Å². The lowest BCUT2D eigenvalue weighted by Gasteiger charge is -2.17. The molecule has 0 aliphatic rings. The SMILES string of the molecule is C=C(N)/C=C(\C(=C)OC=O)N(C)C. The maximum Gasteiger partial charge on any atom is 0.298 e. The Kier molecular flexibility index (Phi) is 4.37. The number of nitrogens with two attached hydrogens (primary N) is 1. The summed E-state index contributed by atoms with van der Waals surface area (Å²) in [6, 6.07) is 0. The topological polar surface area (TPSA) is 55.6 Å². The third-order valence-corrected chi connectivity index (χ3v) is 1.28. The molecule has 0 unspecified atom stereocenters. The van der Waals surface area contributed by atoms with Crippen molar-refractivity contribution in [3.05, 3.63) is 36.4 Å². The molecule has 0 saturated heterocycles. The van der Waals surface area contributed by atoms with Crippen LogP contribution in [0.5, 0.6) is 0 Å². The molecule has 0 aromatic heterocycles. The smallest absolute Gasteiger partial charge is 0.298 e. The minimum Gasteiger partial charge on any atom is -0.427 e. The second-order valence-corrected chi connectivity index (χ2v) is 2.64. The zero-order valence-electron chi connectivity index (χ0n) is 7.91. The largest absolute Gasteiger partial charge is 0.427 e. The number of nitrogens with zero attached hydrogens (tertiary/aromatic N) is 1. The fourth-order valence-electron chi connectivity index (χ4n) is 0.753. The monoisotopic (exact) mass is 182 g/mol. The van der Waals surface area contributed by atoms with Crippen molar-refractivity contribution in [1.29, 1.82) is 0 Å². The first-order chi connectivity index (χ1) is 5.99. The van der Waals surface area contributed by atoms with E-state index in [1.165, 1.54) is 0 Å². The number of carbonyl (C=O) groups is 1. The van der Waals surface area contributed by atoms with Gasteiger partial charge in [-0.15, -0.1) is 0 Å². The Morgan fingerprint density at radius 2 is 2.00 bits per heavy atom. The Hall–Kier alpha value is -1.71. The van der Waals surface area contributed by atoms with Crippen molar-refractivity contribution in [2.75, 3.05) is 14.1 Å². The van der Waals surface area contributed by atoms with Gasteiger partial charge in [0.05, 0.1) is 5.70 Å². The predicted molar refractivity (Wildman–Crippen MR) is 51.4 cm³/mol. The molecule has 0 aromatic rings. The minimum atomic E-state index is 0.242. The highest BCUT2D eigenvalue weighted by Crippen LogP contribution is 2.11. The Labute approximate surface area is 78.0 Å². The molecule has 13 heavy (non-hydrogen) atoms. The lowest BCUT2D eigenvalue weighted by molar-refractivity contribution is -0.124. The predicted octanol–water partition coefficient (Wildman–Crippen LogP) is 0.591. The minimum absolute atomic E-state index is 0.242. The summed E-state index contributed by atoms with van der Waals surface area (Å²) in [5.74, 6) is 0.242. The number of carbonyl (C=O) groups excluding carboxylic acids is 1. The van der Waals surface area contributed by atoms with Crippen LogP contribution < -0.4 is 5.73 Å². The van der Waals surface area contributed by atoms with Gasteiger partial charge in [0.2, 0.25) is 0 Å².